The molecular weight excluding hydrogens is 437 g/mol. The molecule has 0 spiro atoms. The van der Waals surface area contributed by atoms with Crippen LogP contribution in [-0.2, 0) is 16.0 Å². The number of methoxy groups -OCH3 is 1. The Kier molecular flexibility index (Phi) is 6.97. The number of amides is 4. The summed E-state index contributed by atoms with van der Waals surface area (Å²) in [6.07, 6.45) is 1.41. The van der Waals surface area contributed by atoms with Crippen molar-refractivity contribution in [1.82, 2.24) is 15.1 Å². The number of carbonyl (C=O) groups excluding carboxylic acids is 3. The minimum Gasteiger partial charge on any atom is -0.383 e. The van der Waals surface area contributed by atoms with Gasteiger partial charge in [0.2, 0.25) is 0 Å². The molecule has 4 amide bonds. The monoisotopic (exact) mass is 467 g/mol. The maximum absolute atomic E-state index is 13.6. The Labute approximate surface area is 198 Å². The van der Waals surface area contributed by atoms with Crippen molar-refractivity contribution in [1.29, 1.82) is 0 Å². The minimum atomic E-state index is -1.14. The highest BCUT2D eigenvalue weighted by molar-refractivity contribution is 6.07. The Hall–Kier alpha value is -3.26. The standard InChI is InChI=1S/C26H30FN3O4/c1-18-3-7-20(8-4-18)23(31)29-13-11-21(12-14-29)26(17-19-5-9-22(27)10-6-19)24(32)30(15-16-34-2)25(33)28-26/h3-10,21H,11-17H2,1-2H3,(H,28,33). The Balaban J connectivity index is 1.54. The first kappa shape index (κ1) is 23.9. The third-order valence-corrected chi connectivity index (χ3v) is 6.89. The number of nitrogens with zero attached hydrogens (tertiary/aromatic N) is 2. The zero-order valence-corrected chi connectivity index (χ0v) is 19.6. The summed E-state index contributed by atoms with van der Waals surface area (Å²) in [6.45, 7) is 3.36. The Morgan fingerprint density at radius 1 is 1.09 bits per heavy atom. The van der Waals surface area contributed by atoms with Crippen LogP contribution in [0.15, 0.2) is 48.5 Å². The van der Waals surface area contributed by atoms with E-state index in [-0.39, 0.29) is 43.1 Å². The molecule has 0 aliphatic carbocycles. The van der Waals surface area contributed by atoms with Crippen molar-refractivity contribution in [2.45, 2.75) is 31.7 Å². The van der Waals surface area contributed by atoms with Gasteiger partial charge in [0.15, 0.2) is 0 Å². The molecule has 2 aromatic carbocycles. The molecule has 2 heterocycles. The van der Waals surface area contributed by atoms with Crippen LogP contribution in [0.25, 0.3) is 0 Å². The van der Waals surface area contributed by atoms with Gasteiger partial charge in [-0.15, -0.1) is 0 Å². The largest absolute Gasteiger partial charge is 0.383 e. The quantitative estimate of drug-likeness (QED) is 0.635. The fourth-order valence-electron chi connectivity index (χ4n) is 4.95. The van der Waals surface area contributed by atoms with Gasteiger partial charge in [-0.3, -0.25) is 14.5 Å². The van der Waals surface area contributed by atoms with Crippen LogP contribution in [0.4, 0.5) is 9.18 Å². The van der Waals surface area contributed by atoms with Crippen LogP contribution in [0.5, 0.6) is 0 Å². The highest BCUT2D eigenvalue weighted by Gasteiger charge is 2.55. The zero-order valence-electron chi connectivity index (χ0n) is 19.6. The Morgan fingerprint density at radius 2 is 1.74 bits per heavy atom. The second kappa shape index (κ2) is 9.93. The van der Waals surface area contributed by atoms with Gasteiger partial charge in [-0.1, -0.05) is 29.8 Å². The maximum Gasteiger partial charge on any atom is 0.325 e. The number of likely N-dealkylation sites (tertiary alicyclic amines) is 1. The zero-order chi connectivity index (χ0) is 24.3. The molecule has 2 fully saturated rings. The van der Waals surface area contributed by atoms with Crippen molar-refractivity contribution in [3.8, 4) is 0 Å². The summed E-state index contributed by atoms with van der Waals surface area (Å²) in [5.74, 6) is -0.843. The number of ether oxygens (including phenoxy) is 1. The number of nitrogens with one attached hydrogen (secondary N) is 1. The molecule has 7 nitrogen and oxygen atoms in total. The van der Waals surface area contributed by atoms with Crippen molar-refractivity contribution in [2.24, 2.45) is 5.92 Å². The second-order valence-corrected chi connectivity index (χ2v) is 9.09. The smallest absolute Gasteiger partial charge is 0.325 e. The molecule has 34 heavy (non-hydrogen) atoms. The summed E-state index contributed by atoms with van der Waals surface area (Å²) in [6, 6.07) is 13.0. The number of rotatable bonds is 7. The molecule has 2 aliphatic heterocycles. The topological polar surface area (TPSA) is 79.0 Å². The first-order valence-electron chi connectivity index (χ1n) is 11.6. The van der Waals surface area contributed by atoms with E-state index in [0.717, 1.165) is 11.1 Å². The molecule has 0 bridgehead atoms. The van der Waals surface area contributed by atoms with Gasteiger partial charge in [0.25, 0.3) is 11.8 Å². The van der Waals surface area contributed by atoms with Crippen LogP contribution in [0.3, 0.4) is 0 Å². The SMILES string of the molecule is COCCN1C(=O)NC(Cc2ccc(F)cc2)(C2CCN(C(=O)c3ccc(C)cc3)CC2)C1=O. The third kappa shape index (κ3) is 4.68. The molecule has 1 unspecified atom stereocenters. The van der Waals surface area contributed by atoms with Crippen LogP contribution in [0.2, 0.25) is 0 Å². The highest BCUT2D eigenvalue weighted by atomic mass is 19.1. The van der Waals surface area contributed by atoms with E-state index < -0.39 is 11.6 Å². The van der Waals surface area contributed by atoms with Gasteiger partial charge in [0, 0.05) is 32.2 Å². The molecular formula is C26H30FN3O4. The summed E-state index contributed by atoms with van der Waals surface area (Å²) >= 11 is 0. The van der Waals surface area contributed by atoms with E-state index in [4.69, 9.17) is 4.74 Å². The molecule has 0 aromatic heterocycles. The normalized spacial score (nSPS) is 21.1. The summed E-state index contributed by atoms with van der Waals surface area (Å²) in [5, 5.41) is 2.98. The molecule has 1 atom stereocenters. The number of piperidine rings is 1. The number of hydrogen-bond acceptors (Lipinski definition) is 4. The number of urea groups is 1. The minimum absolute atomic E-state index is 0.0328. The van der Waals surface area contributed by atoms with Crippen LogP contribution >= 0.6 is 0 Å². The molecule has 0 saturated carbocycles. The first-order chi connectivity index (χ1) is 16.3. The number of hydrogen-bond donors (Lipinski definition) is 1. The third-order valence-electron chi connectivity index (χ3n) is 6.89. The highest BCUT2D eigenvalue weighted by Crippen LogP contribution is 2.37. The molecule has 8 heteroatoms. The Morgan fingerprint density at radius 3 is 2.35 bits per heavy atom. The van der Waals surface area contributed by atoms with Crippen LogP contribution in [0.1, 0.15) is 34.3 Å². The van der Waals surface area contributed by atoms with Gasteiger partial charge in [0.05, 0.1) is 13.2 Å². The molecule has 1 N–H and O–H groups in total. The number of benzene rings is 2. The van der Waals surface area contributed by atoms with Crippen molar-refractivity contribution >= 4 is 17.8 Å². The van der Waals surface area contributed by atoms with Crippen molar-refractivity contribution in [2.75, 3.05) is 33.4 Å². The predicted octanol–water partition coefficient (Wildman–Crippen LogP) is 3.17. The predicted molar refractivity (Wildman–Crippen MR) is 125 cm³/mol. The average Bonchev–Trinajstić information content (AvgIpc) is 3.08. The van der Waals surface area contributed by atoms with Crippen LogP contribution in [-0.4, -0.2) is 66.5 Å². The van der Waals surface area contributed by atoms with Crippen molar-refractivity contribution < 1.29 is 23.5 Å². The molecule has 2 aromatic rings. The molecule has 2 saturated heterocycles. The number of imide groups is 1. The number of aryl methyl sites for hydroxylation is 1. The van der Waals surface area contributed by atoms with Crippen molar-refractivity contribution in [3.05, 3.63) is 71.0 Å². The van der Waals surface area contributed by atoms with Crippen molar-refractivity contribution in [3.63, 3.8) is 0 Å². The van der Waals surface area contributed by atoms with Gasteiger partial charge < -0.3 is 15.0 Å². The molecule has 4 rings (SSSR count). The van der Waals surface area contributed by atoms with Gasteiger partial charge in [0.1, 0.15) is 11.4 Å². The van der Waals surface area contributed by atoms with Gasteiger partial charge in [-0.05, 0) is 55.5 Å². The van der Waals surface area contributed by atoms with Gasteiger partial charge in [-0.25, -0.2) is 9.18 Å². The fraction of sp³-hybridized carbons (Fsp3) is 0.423. The lowest BCUT2D eigenvalue weighted by Crippen LogP contribution is -2.58. The lowest BCUT2D eigenvalue weighted by molar-refractivity contribution is -0.134. The second-order valence-electron chi connectivity index (χ2n) is 9.09. The van der Waals surface area contributed by atoms with E-state index in [1.807, 2.05) is 31.2 Å². The van der Waals surface area contributed by atoms with Crippen LogP contribution < -0.4 is 5.32 Å². The van der Waals surface area contributed by atoms with E-state index >= 15 is 0 Å². The maximum atomic E-state index is 13.6. The summed E-state index contributed by atoms with van der Waals surface area (Å²) in [5.41, 5.74) is 1.36. The first-order valence-corrected chi connectivity index (χ1v) is 11.6. The van der Waals surface area contributed by atoms with E-state index in [1.54, 1.807) is 17.0 Å². The molecule has 0 radical (unpaired) electrons. The summed E-state index contributed by atoms with van der Waals surface area (Å²) in [4.78, 5) is 42.4. The van der Waals surface area contributed by atoms with Crippen LogP contribution in [0, 0.1) is 18.7 Å². The number of halogens is 1. The van der Waals surface area contributed by atoms with E-state index in [0.29, 0.717) is 31.5 Å². The lowest BCUT2D eigenvalue weighted by Gasteiger charge is -2.41. The van der Waals surface area contributed by atoms with Gasteiger partial charge >= 0.3 is 6.03 Å². The van der Waals surface area contributed by atoms with Gasteiger partial charge in [-0.2, -0.15) is 0 Å². The Bertz CT molecular complexity index is 1050. The molecule has 2 aliphatic rings. The summed E-state index contributed by atoms with van der Waals surface area (Å²) in [7, 11) is 1.52. The molecule has 180 valence electrons. The van der Waals surface area contributed by atoms with E-state index in [1.165, 1.54) is 24.1 Å². The van der Waals surface area contributed by atoms with E-state index in [9.17, 15) is 18.8 Å². The average molecular weight is 468 g/mol. The lowest BCUT2D eigenvalue weighted by atomic mass is 9.74. The number of carbonyl (C=O) groups is 3. The van der Waals surface area contributed by atoms with E-state index in [2.05, 4.69) is 5.32 Å². The fourth-order valence-corrected chi connectivity index (χ4v) is 4.95. The summed E-state index contributed by atoms with van der Waals surface area (Å²) < 4.78 is 18.6.